The minimum absolute atomic E-state index is 0.143. The molecule has 0 heterocycles. The maximum absolute atomic E-state index is 9.44. The minimum Gasteiger partial charge on any atom is -0.392 e. The Labute approximate surface area is 97.9 Å². The number of hydrogen-bond donors (Lipinski definition) is 1. The van der Waals surface area contributed by atoms with E-state index in [1.807, 2.05) is 0 Å². The van der Waals surface area contributed by atoms with Crippen LogP contribution in [0.2, 0.25) is 0 Å². The molecule has 1 saturated carbocycles. The molecule has 2 rings (SSSR count). The number of rotatable bonds is 5. The van der Waals surface area contributed by atoms with Crippen LogP contribution in [0.1, 0.15) is 37.3 Å². The van der Waals surface area contributed by atoms with Gasteiger partial charge in [0.1, 0.15) is 0 Å². The van der Waals surface area contributed by atoms with Crippen molar-refractivity contribution in [3.05, 3.63) is 29.3 Å². The molecule has 2 heteroatoms. The van der Waals surface area contributed by atoms with Crippen LogP contribution < -0.4 is 4.90 Å². The molecule has 0 radical (unpaired) electrons. The SMILES string of the molecule is CCCN(c1ccc(C)cc1CO)C1CC1. The average molecular weight is 219 g/mol. The lowest BCUT2D eigenvalue weighted by atomic mass is 10.1. The van der Waals surface area contributed by atoms with E-state index in [0.29, 0.717) is 6.04 Å². The van der Waals surface area contributed by atoms with Crippen molar-refractivity contribution in [1.29, 1.82) is 0 Å². The number of aliphatic hydroxyl groups is 1. The molecular formula is C14H21NO. The molecule has 0 unspecified atom stereocenters. The summed E-state index contributed by atoms with van der Waals surface area (Å²) in [6.07, 6.45) is 3.77. The summed E-state index contributed by atoms with van der Waals surface area (Å²) < 4.78 is 0. The van der Waals surface area contributed by atoms with Crippen LogP contribution in [0, 0.1) is 6.92 Å². The van der Waals surface area contributed by atoms with Crippen molar-refractivity contribution in [2.24, 2.45) is 0 Å². The Morgan fingerprint density at radius 2 is 2.12 bits per heavy atom. The predicted octanol–water partition coefficient (Wildman–Crippen LogP) is 2.87. The Morgan fingerprint density at radius 3 is 2.69 bits per heavy atom. The number of aryl methyl sites for hydroxylation is 1. The molecule has 1 fully saturated rings. The van der Waals surface area contributed by atoms with Crippen molar-refractivity contribution >= 4 is 5.69 Å². The summed E-state index contributed by atoms with van der Waals surface area (Å²) in [5, 5.41) is 9.44. The van der Waals surface area contributed by atoms with Gasteiger partial charge >= 0.3 is 0 Å². The smallest absolute Gasteiger partial charge is 0.0702 e. The van der Waals surface area contributed by atoms with E-state index in [2.05, 4.69) is 36.9 Å². The number of nitrogens with zero attached hydrogens (tertiary/aromatic N) is 1. The summed E-state index contributed by atoms with van der Waals surface area (Å²) in [7, 11) is 0. The molecule has 0 aliphatic heterocycles. The number of aliphatic hydroxyl groups excluding tert-OH is 1. The molecule has 1 aliphatic rings. The highest BCUT2D eigenvalue weighted by atomic mass is 16.3. The summed E-state index contributed by atoms with van der Waals surface area (Å²) in [6, 6.07) is 7.11. The highest BCUT2D eigenvalue weighted by Crippen LogP contribution is 2.34. The Bertz CT molecular complexity index is 358. The standard InChI is InChI=1S/C14H21NO/c1-3-8-15(13-5-6-13)14-7-4-11(2)9-12(14)10-16/h4,7,9,13,16H,3,5-6,8,10H2,1-2H3. The first-order valence-corrected chi connectivity index (χ1v) is 6.23. The van der Waals surface area contributed by atoms with E-state index in [1.165, 1.54) is 24.1 Å². The van der Waals surface area contributed by atoms with Gasteiger partial charge in [-0.3, -0.25) is 0 Å². The zero-order chi connectivity index (χ0) is 11.5. The van der Waals surface area contributed by atoms with Crippen molar-refractivity contribution < 1.29 is 5.11 Å². The van der Waals surface area contributed by atoms with E-state index in [0.717, 1.165) is 18.5 Å². The van der Waals surface area contributed by atoms with Crippen molar-refractivity contribution in [2.45, 2.75) is 45.8 Å². The lowest BCUT2D eigenvalue weighted by molar-refractivity contribution is 0.282. The van der Waals surface area contributed by atoms with Gasteiger partial charge in [-0.05, 0) is 32.3 Å². The van der Waals surface area contributed by atoms with E-state index in [-0.39, 0.29) is 6.61 Å². The van der Waals surface area contributed by atoms with Gasteiger partial charge in [-0.15, -0.1) is 0 Å². The monoisotopic (exact) mass is 219 g/mol. The molecule has 1 aromatic carbocycles. The van der Waals surface area contributed by atoms with Crippen molar-refractivity contribution in [3.63, 3.8) is 0 Å². The lowest BCUT2D eigenvalue weighted by Crippen LogP contribution is -2.27. The van der Waals surface area contributed by atoms with E-state index in [1.54, 1.807) is 0 Å². The summed E-state index contributed by atoms with van der Waals surface area (Å²) in [4.78, 5) is 2.46. The van der Waals surface area contributed by atoms with Gasteiger partial charge < -0.3 is 10.0 Å². The molecule has 0 spiro atoms. The van der Waals surface area contributed by atoms with Crippen molar-refractivity contribution in [2.75, 3.05) is 11.4 Å². The van der Waals surface area contributed by atoms with Crippen molar-refractivity contribution in [1.82, 2.24) is 0 Å². The molecule has 16 heavy (non-hydrogen) atoms. The van der Waals surface area contributed by atoms with Crippen LogP contribution in [0.5, 0.6) is 0 Å². The number of anilines is 1. The fourth-order valence-corrected chi connectivity index (χ4v) is 2.25. The first kappa shape index (κ1) is 11.5. The molecule has 1 aliphatic carbocycles. The molecule has 0 atom stereocenters. The van der Waals surface area contributed by atoms with Crippen LogP contribution in [0.3, 0.4) is 0 Å². The van der Waals surface area contributed by atoms with Crippen LogP contribution in [0.15, 0.2) is 18.2 Å². The Morgan fingerprint density at radius 1 is 1.38 bits per heavy atom. The van der Waals surface area contributed by atoms with Gasteiger partial charge in [-0.2, -0.15) is 0 Å². The summed E-state index contributed by atoms with van der Waals surface area (Å²) >= 11 is 0. The maximum atomic E-state index is 9.44. The predicted molar refractivity (Wildman–Crippen MR) is 67.8 cm³/mol. The van der Waals surface area contributed by atoms with Crippen LogP contribution in [0.4, 0.5) is 5.69 Å². The molecule has 1 aromatic rings. The fourth-order valence-electron chi connectivity index (χ4n) is 2.25. The van der Waals surface area contributed by atoms with Crippen molar-refractivity contribution in [3.8, 4) is 0 Å². The van der Waals surface area contributed by atoms with Crippen LogP contribution in [0.25, 0.3) is 0 Å². The topological polar surface area (TPSA) is 23.5 Å². The zero-order valence-electron chi connectivity index (χ0n) is 10.2. The molecule has 88 valence electrons. The first-order valence-electron chi connectivity index (χ1n) is 6.23. The molecule has 2 nitrogen and oxygen atoms in total. The third-order valence-electron chi connectivity index (χ3n) is 3.17. The quantitative estimate of drug-likeness (QED) is 0.823. The van der Waals surface area contributed by atoms with Crippen LogP contribution in [-0.2, 0) is 6.61 Å². The van der Waals surface area contributed by atoms with Gasteiger partial charge in [0.05, 0.1) is 6.61 Å². The third kappa shape index (κ3) is 2.38. The summed E-state index contributed by atoms with van der Waals surface area (Å²) in [6.45, 7) is 5.52. The lowest BCUT2D eigenvalue weighted by Gasteiger charge is -2.26. The Balaban J connectivity index is 2.28. The molecule has 1 N–H and O–H groups in total. The highest BCUT2D eigenvalue weighted by molar-refractivity contribution is 5.56. The van der Waals surface area contributed by atoms with Gasteiger partial charge in [-0.25, -0.2) is 0 Å². The molecule has 0 amide bonds. The molecule has 0 aromatic heterocycles. The van der Waals surface area contributed by atoms with E-state index in [4.69, 9.17) is 0 Å². The van der Waals surface area contributed by atoms with E-state index < -0.39 is 0 Å². The molecule has 0 bridgehead atoms. The van der Waals surface area contributed by atoms with Gasteiger partial charge in [0, 0.05) is 23.8 Å². The largest absolute Gasteiger partial charge is 0.392 e. The Hall–Kier alpha value is -1.02. The first-order chi connectivity index (χ1) is 7.76. The normalized spacial score (nSPS) is 15.2. The average Bonchev–Trinajstić information content (AvgIpc) is 3.10. The van der Waals surface area contributed by atoms with Crippen LogP contribution in [-0.4, -0.2) is 17.7 Å². The van der Waals surface area contributed by atoms with E-state index >= 15 is 0 Å². The highest BCUT2D eigenvalue weighted by Gasteiger charge is 2.29. The number of benzene rings is 1. The van der Waals surface area contributed by atoms with Gasteiger partial charge in [-0.1, -0.05) is 24.6 Å². The van der Waals surface area contributed by atoms with Gasteiger partial charge in [0.25, 0.3) is 0 Å². The van der Waals surface area contributed by atoms with Gasteiger partial charge in [0.15, 0.2) is 0 Å². The maximum Gasteiger partial charge on any atom is 0.0702 e. The van der Waals surface area contributed by atoms with E-state index in [9.17, 15) is 5.11 Å². The number of hydrogen-bond acceptors (Lipinski definition) is 2. The molecule has 0 saturated heterocycles. The molecular weight excluding hydrogens is 198 g/mol. The minimum atomic E-state index is 0.143. The summed E-state index contributed by atoms with van der Waals surface area (Å²) in [5.74, 6) is 0. The van der Waals surface area contributed by atoms with Crippen LogP contribution >= 0.6 is 0 Å². The second-order valence-electron chi connectivity index (χ2n) is 4.71. The second kappa shape index (κ2) is 4.88. The zero-order valence-corrected chi connectivity index (χ0v) is 10.2. The third-order valence-corrected chi connectivity index (χ3v) is 3.17. The fraction of sp³-hybridized carbons (Fsp3) is 0.571. The second-order valence-corrected chi connectivity index (χ2v) is 4.71. The Kier molecular flexibility index (Phi) is 3.49. The summed E-state index contributed by atoms with van der Waals surface area (Å²) in [5.41, 5.74) is 3.53. The van der Waals surface area contributed by atoms with Gasteiger partial charge in [0.2, 0.25) is 0 Å².